The second-order valence-electron chi connectivity index (χ2n) is 3.17. The zero-order valence-corrected chi connectivity index (χ0v) is 9.08. The first kappa shape index (κ1) is 11.5. The molecule has 1 aromatic rings. The Morgan fingerprint density at radius 2 is 2.21 bits per heavy atom. The van der Waals surface area contributed by atoms with Crippen molar-refractivity contribution in [1.82, 2.24) is 9.78 Å². The molecule has 0 aromatic carbocycles. The quantitative estimate of drug-likeness (QED) is 0.642. The van der Waals surface area contributed by atoms with Crippen molar-refractivity contribution in [2.75, 3.05) is 6.26 Å². The van der Waals surface area contributed by atoms with E-state index in [0.717, 1.165) is 6.26 Å². The van der Waals surface area contributed by atoms with Crippen molar-refractivity contribution >= 4 is 32.0 Å². The molecular weight excluding hydrogens is 199 g/mol. The van der Waals surface area contributed by atoms with Gasteiger partial charge >= 0.3 is 91.5 Å². The predicted molar refractivity (Wildman–Crippen MR) is 51.9 cm³/mol. The second-order valence-corrected chi connectivity index (χ2v) is 5.51. The van der Waals surface area contributed by atoms with Crippen LogP contribution in [0.15, 0.2) is 12.3 Å². The van der Waals surface area contributed by atoms with Crippen LogP contribution in [0.5, 0.6) is 0 Å². The van der Waals surface area contributed by atoms with E-state index in [2.05, 4.69) is 5.10 Å². The Kier molecular flexibility index (Phi) is 3.20. The number of hydrogen-bond donors (Lipinski definition) is 0. The molecule has 1 heterocycles. The fraction of sp³-hybridized carbons (Fsp3) is 0.429. The number of sulfone groups is 1. The molecule has 7 heteroatoms. The van der Waals surface area contributed by atoms with Gasteiger partial charge in [0.25, 0.3) is 0 Å². The minimum absolute atomic E-state index is 0.176. The Balaban J connectivity index is 3.04. The van der Waals surface area contributed by atoms with E-state index in [4.69, 9.17) is 0 Å². The molecule has 0 saturated heterocycles. The van der Waals surface area contributed by atoms with Gasteiger partial charge in [-0.25, -0.2) is 0 Å². The van der Waals surface area contributed by atoms with Gasteiger partial charge in [-0.15, -0.1) is 0 Å². The van der Waals surface area contributed by atoms with Crippen LogP contribution in [0.2, 0.25) is 0 Å². The summed E-state index contributed by atoms with van der Waals surface area (Å²) in [5.74, 6) is 0. The molecule has 5 nitrogen and oxygen atoms in total. The molecule has 0 amide bonds. The predicted octanol–water partition coefficient (Wildman–Crippen LogP) is -0.245. The summed E-state index contributed by atoms with van der Waals surface area (Å²) in [4.78, 5) is 10.9. The molecule has 1 rings (SSSR count). The third kappa shape index (κ3) is 2.47. The van der Waals surface area contributed by atoms with Crippen molar-refractivity contribution in [1.29, 1.82) is 0 Å². The van der Waals surface area contributed by atoms with Crippen LogP contribution in [0.1, 0.15) is 22.8 Å². The van der Waals surface area contributed by atoms with Crippen molar-refractivity contribution in [2.24, 2.45) is 0 Å². The van der Waals surface area contributed by atoms with Crippen LogP contribution in [0.4, 0.5) is 0 Å². The Bertz CT molecular complexity index is 451. The molecular formula is C7H9LiN2O3S. The summed E-state index contributed by atoms with van der Waals surface area (Å²) in [6.07, 6.45) is 2.62. The Hall–Kier alpha value is -0.573. The topological polar surface area (TPSA) is 69.0 Å². The van der Waals surface area contributed by atoms with Gasteiger partial charge in [0.1, 0.15) is 0 Å². The van der Waals surface area contributed by atoms with Gasteiger partial charge in [-0.1, -0.05) is 0 Å². The SMILES string of the molecule is [Li][C](=O)c1ccn(C(C)S(C)(=O)=O)n1. The zero-order valence-electron chi connectivity index (χ0n) is 8.26. The average Bonchev–Trinajstić information content (AvgIpc) is 2.48. The van der Waals surface area contributed by atoms with Gasteiger partial charge in [0, 0.05) is 0 Å². The van der Waals surface area contributed by atoms with E-state index in [0.29, 0.717) is 0 Å². The fourth-order valence-electron chi connectivity index (χ4n) is 0.924. The summed E-state index contributed by atoms with van der Waals surface area (Å²) in [5, 5.41) is 3.12. The molecule has 0 fully saturated rings. The van der Waals surface area contributed by atoms with Crippen molar-refractivity contribution in [3.8, 4) is 0 Å². The van der Waals surface area contributed by atoms with Crippen molar-refractivity contribution in [3.63, 3.8) is 0 Å². The van der Waals surface area contributed by atoms with Gasteiger partial charge < -0.3 is 0 Å². The fourth-order valence-corrected chi connectivity index (χ4v) is 1.43. The number of carbonyl (C=O) groups excluding carboxylic acids is 1. The Morgan fingerprint density at radius 1 is 1.64 bits per heavy atom. The minimum atomic E-state index is -3.18. The summed E-state index contributed by atoms with van der Waals surface area (Å²) >= 11 is 1.39. The molecule has 1 atom stereocenters. The monoisotopic (exact) mass is 208 g/mol. The molecule has 1 aromatic heterocycles. The second kappa shape index (κ2) is 3.89. The van der Waals surface area contributed by atoms with Crippen LogP contribution in [0, 0.1) is 0 Å². The summed E-state index contributed by atoms with van der Waals surface area (Å²) < 4.78 is 23.4. The summed E-state index contributed by atoms with van der Waals surface area (Å²) in [6, 6.07) is 1.50. The third-order valence-electron chi connectivity index (χ3n) is 1.96. The molecule has 14 heavy (non-hydrogen) atoms. The van der Waals surface area contributed by atoms with Crippen LogP contribution in [-0.2, 0) is 9.84 Å². The maximum absolute atomic E-state index is 11.2. The molecule has 0 bridgehead atoms. The Labute approximate surface area is 91.6 Å². The van der Waals surface area contributed by atoms with Crippen LogP contribution < -0.4 is 0 Å². The molecule has 0 saturated carbocycles. The van der Waals surface area contributed by atoms with Gasteiger partial charge in [0.05, 0.1) is 0 Å². The number of rotatable bonds is 3. The van der Waals surface area contributed by atoms with Crippen LogP contribution in [0.3, 0.4) is 0 Å². The normalized spacial score (nSPS) is 14.0. The van der Waals surface area contributed by atoms with E-state index < -0.39 is 15.2 Å². The van der Waals surface area contributed by atoms with E-state index in [9.17, 15) is 13.2 Å². The summed E-state index contributed by atoms with van der Waals surface area (Å²) in [5.41, 5.74) is 0.278. The van der Waals surface area contributed by atoms with E-state index in [1.54, 1.807) is 0 Å². The first-order valence-corrected chi connectivity index (χ1v) is 6.03. The maximum atomic E-state index is 11.2. The molecule has 0 aliphatic rings. The molecule has 0 aliphatic carbocycles. The molecule has 0 radical (unpaired) electrons. The van der Waals surface area contributed by atoms with Gasteiger partial charge in [0.15, 0.2) is 0 Å². The van der Waals surface area contributed by atoms with Gasteiger partial charge in [-0.05, 0) is 0 Å². The molecule has 0 N–H and O–H groups in total. The number of hydrogen-bond acceptors (Lipinski definition) is 4. The van der Waals surface area contributed by atoms with Gasteiger partial charge in [-0.3, -0.25) is 0 Å². The molecule has 72 valence electrons. The Morgan fingerprint density at radius 3 is 2.57 bits per heavy atom. The van der Waals surface area contributed by atoms with Crippen molar-refractivity contribution in [2.45, 2.75) is 12.3 Å². The summed E-state index contributed by atoms with van der Waals surface area (Å²) in [6.45, 7) is 1.52. The number of nitrogens with zero attached hydrogens (tertiary/aromatic N) is 2. The first-order valence-electron chi connectivity index (χ1n) is 4.07. The molecule has 1 unspecified atom stereocenters. The first-order chi connectivity index (χ1) is 6.32. The van der Waals surface area contributed by atoms with E-state index >= 15 is 0 Å². The van der Waals surface area contributed by atoms with Crippen LogP contribution in [-0.4, -0.2) is 46.6 Å². The third-order valence-corrected chi connectivity index (χ3v) is 3.42. The van der Waals surface area contributed by atoms with E-state index in [1.165, 1.54) is 41.6 Å². The molecule has 0 spiro atoms. The number of carbonyl (C=O) groups is 1. The zero-order chi connectivity index (χ0) is 10.9. The van der Waals surface area contributed by atoms with E-state index in [1.807, 2.05) is 0 Å². The van der Waals surface area contributed by atoms with Crippen LogP contribution in [0.25, 0.3) is 0 Å². The standard InChI is InChI=1S/C7H9N2O3S.Li/c1-6(13(2,11)12)9-4-3-7(5-10)8-9;/h3-4,6H,1-2H3;. The average molecular weight is 208 g/mol. The number of aromatic nitrogens is 2. The van der Waals surface area contributed by atoms with Gasteiger partial charge in [0.2, 0.25) is 0 Å². The summed E-state index contributed by atoms with van der Waals surface area (Å²) in [7, 11) is -3.18. The van der Waals surface area contributed by atoms with Crippen LogP contribution >= 0.6 is 0 Å². The molecule has 0 aliphatic heterocycles. The van der Waals surface area contributed by atoms with E-state index in [-0.39, 0.29) is 10.2 Å². The van der Waals surface area contributed by atoms with Crippen molar-refractivity contribution < 1.29 is 13.2 Å². The van der Waals surface area contributed by atoms with Gasteiger partial charge in [-0.2, -0.15) is 0 Å². The van der Waals surface area contributed by atoms with Crippen molar-refractivity contribution in [3.05, 3.63) is 18.0 Å².